The number of hydrogen-bond acceptors (Lipinski definition) is 3. The number of ether oxygens (including phenoxy) is 1. The third kappa shape index (κ3) is 3.19. The molecule has 3 nitrogen and oxygen atoms in total. The summed E-state index contributed by atoms with van der Waals surface area (Å²) in [5.74, 6) is -1.01. The minimum absolute atomic E-state index is 0.170. The average Bonchev–Trinajstić information content (AvgIpc) is 2.27. The molecule has 0 spiro atoms. The van der Waals surface area contributed by atoms with Crippen LogP contribution in [0.4, 0.5) is 0 Å². The molecule has 1 aliphatic rings. The summed E-state index contributed by atoms with van der Waals surface area (Å²) in [6, 6.07) is 0. The lowest BCUT2D eigenvalue weighted by Gasteiger charge is -2.27. The predicted molar refractivity (Wildman–Crippen MR) is 61.9 cm³/mol. The summed E-state index contributed by atoms with van der Waals surface area (Å²) in [5.41, 5.74) is 1.20. The first-order valence-corrected chi connectivity index (χ1v) is 5.83. The number of methoxy groups -OCH3 is 1. The molecule has 3 heteroatoms. The Labute approximate surface area is 96.9 Å². The highest BCUT2D eigenvalue weighted by molar-refractivity contribution is 6.34. The third-order valence-electron chi connectivity index (χ3n) is 3.09. The first-order chi connectivity index (χ1) is 7.56. The summed E-state index contributed by atoms with van der Waals surface area (Å²) in [6.45, 7) is 4.04. The smallest absolute Gasteiger partial charge is 0.374 e. The maximum absolute atomic E-state index is 11.8. The Kier molecular flexibility index (Phi) is 4.71. The first kappa shape index (κ1) is 12.9. The zero-order valence-electron chi connectivity index (χ0n) is 10.3. The van der Waals surface area contributed by atoms with Crippen LogP contribution in [0.25, 0.3) is 0 Å². The quantitative estimate of drug-likeness (QED) is 0.420. The maximum Gasteiger partial charge on any atom is 0.374 e. The van der Waals surface area contributed by atoms with Crippen LogP contribution in [0.5, 0.6) is 0 Å². The van der Waals surface area contributed by atoms with E-state index in [-0.39, 0.29) is 17.6 Å². The van der Waals surface area contributed by atoms with Crippen molar-refractivity contribution in [2.45, 2.75) is 39.5 Å². The molecule has 0 unspecified atom stereocenters. The molecule has 0 N–H and O–H groups in total. The highest BCUT2D eigenvalue weighted by Gasteiger charge is 2.33. The minimum atomic E-state index is -0.695. The minimum Gasteiger partial charge on any atom is -0.463 e. The summed E-state index contributed by atoms with van der Waals surface area (Å²) in [6.07, 6.45) is 6.09. The highest BCUT2D eigenvalue weighted by Crippen LogP contribution is 2.32. The number of Topliss-reactive ketones (excluding diaryl/α,β-unsaturated/α-hetero) is 1. The van der Waals surface area contributed by atoms with E-state index in [1.165, 1.54) is 12.7 Å². The van der Waals surface area contributed by atoms with Crippen LogP contribution in [-0.4, -0.2) is 18.9 Å². The van der Waals surface area contributed by atoms with Crippen molar-refractivity contribution >= 4 is 11.8 Å². The van der Waals surface area contributed by atoms with E-state index in [2.05, 4.69) is 10.8 Å². The molecule has 90 valence electrons. The topological polar surface area (TPSA) is 43.4 Å². The molecule has 0 aliphatic heterocycles. The SMILES string of the molecule is COC(=O)C(=O)[C@H]1CCCC[C@@H]1C=C(C)C. The Hall–Kier alpha value is -1.12. The molecule has 0 radical (unpaired) electrons. The number of allylic oxidation sites excluding steroid dienone is 2. The van der Waals surface area contributed by atoms with Crippen LogP contribution in [0, 0.1) is 11.8 Å². The van der Waals surface area contributed by atoms with Crippen molar-refractivity contribution in [2.24, 2.45) is 11.8 Å². The number of hydrogen-bond donors (Lipinski definition) is 0. The molecule has 0 saturated heterocycles. The molecule has 0 aromatic carbocycles. The maximum atomic E-state index is 11.8. The van der Waals surface area contributed by atoms with E-state index < -0.39 is 5.97 Å². The van der Waals surface area contributed by atoms with Crippen LogP contribution in [0.3, 0.4) is 0 Å². The summed E-state index contributed by atoms with van der Waals surface area (Å²) >= 11 is 0. The molecule has 16 heavy (non-hydrogen) atoms. The van der Waals surface area contributed by atoms with Crippen LogP contribution in [0.2, 0.25) is 0 Å². The number of ketones is 1. The van der Waals surface area contributed by atoms with Crippen molar-refractivity contribution < 1.29 is 14.3 Å². The molecule has 1 fully saturated rings. The average molecular weight is 224 g/mol. The largest absolute Gasteiger partial charge is 0.463 e. The van der Waals surface area contributed by atoms with Crippen molar-refractivity contribution in [1.82, 2.24) is 0 Å². The predicted octanol–water partition coefficient (Wildman–Crippen LogP) is 2.50. The van der Waals surface area contributed by atoms with Crippen molar-refractivity contribution in [3.63, 3.8) is 0 Å². The van der Waals surface area contributed by atoms with E-state index in [9.17, 15) is 9.59 Å². The van der Waals surface area contributed by atoms with Gasteiger partial charge < -0.3 is 4.74 Å². The lowest BCUT2D eigenvalue weighted by atomic mass is 9.76. The molecule has 0 aromatic heterocycles. The summed E-state index contributed by atoms with van der Waals surface area (Å²) in [7, 11) is 1.26. The standard InChI is InChI=1S/C13H20O3/c1-9(2)8-10-6-4-5-7-11(10)12(14)13(15)16-3/h8,10-11H,4-7H2,1-3H3/t10-,11+/m1/s1. The van der Waals surface area contributed by atoms with Crippen LogP contribution in [0.1, 0.15) is 39.5 Å². The normalized spacial score (nSPS) is 24.7. The van der Waals surface area contributed by atoms with Gasteiger partial charge in [-0.1, -0.05) is 24.5 Å². The Morgan fingerprint density at radius 3 is 2.38 bits per heavy atom. The van der Waals surface area contributed by atoms with Gasteiger partial charge in [-0.3, -0.25) is 4.79 Å². The number of carbonyl (C=O) groups is 2. The second-order valence-corrected chi connectivity index (χ2v) is 4.65. The zero-order chi connectivity index (χ0) is 12.1. The number of rotatable bonds is 3. The van der Waals surface area contributed by atoms with Gasteiger partial charge in [0.1, 0.15) is 0 Å². The van der Waals surface area contributed by atoms with Crippen molar-refractivity contribution in [2.75, 3.05) is 7.11 Å². The Morgan fingerprint density at radius 1 is 1.19 bits per heavy atom. The Morgan fingerprint density at radius 2 is 1.81 bits per heavy atom. The van der Waals surface area contributed by atoms with Crippen LogP contribution in [-0.2, 0) is 14.3 Å². The monoisotopic (exact) mass is 224 g/mol. The van der Waals surface area contributed by atoms with Gasteiger partial charge in [-0.25, -0.2) is 4.79 Å². The van der Waals surface area contributed by atoms with Gasteiger partial charge in [0.2, 0.25) is 5.78 Å². The number of esters is 1. The van der Waals surface area contributed by atoms with Gasteiger partial charge in [-0.05, 0) is 32.6 Å². The lowest BCUT2D eigenvalue weighted by molar-refractivity contribution is -0.154. The highest BCUT2D eigenvalue weighted by atomic mass is 16.5. The first-order valence-electron chi connectivity index (χ1n) is 5.83. The lowest BCUT2D eigenvalue weighted by Crippen LogP contribution is -2.32. The molecule has 1 aliphatic carbocycles. The summed E-state index contributed by atoms with van der Waals surface area (Å²) in [4.78, 5) is 23.1. The molecule has 2 atom stereocenters. The molecule has 1 rings (SSSR count). The molecule has 0 bridgehead atoms. The zero-order valence-corrected chi connectivity index (χ0v) is 10.3. The van der Waals surface area contributed by atoms with E-state index in [1.54, 1.807) is 0 Å². The Balaban J connectivity index is 2.78. The fourth-order valence-corrected chi connectivity index (χ4v) is 2.36. The van der Waals surface area contributed by atoms with Gasteiger partial charge in [0, 0.05) is 5.92 Å². The van der Waals surface area contributed by atoms with Gasteiger partial charge in [0.25, 0.3) is 0 Å². The molecule has 0 heterocycles. The van der Waals surface area contributed by atoms with Gasteiger partial charge in [0.15, 0.2) is 0 Å². The van der Waals surface area contributed by atoms with Crippen molar-refractivity contribution in [3.8, 4) is 0 Å². The second kappa shape index (κ2) is 5.83. The van der Waals surface area contributed by atoms with Crippen molar-refractivity contribution in [1.29, 1.82) is 0 Å². The van der Waals surface area contributed by atoms with E-state index in [0.717, 1.165) is 25.7 Å². The van der Waals surface area contributed by atoms with Crippen LogP contribution >= 0.6 is 0 Å². The van der Waals surface area contributed by atoms with Gasteiger partial charge in [0.05, 0.1) is 7.11 Å². The molecule has 0 aromatic rings. The summed E-state index contributed by atoms with van der Waals surface area (Å²) < 4.78 is 4.51. The second-order valence-electron chi connectivity index (χ2n) is 4.65. The third-order valence-corrected chi connectivity index (χ3v) is 3.09. The van der Waals surface area contributed by atoms with E-state index in [1.807, 2.05) is 13.8 Å². The molecule has 0 amide bonds. The van der Waals surface area contributed by atoms with Crippen molar-refractivity contribution in [3.05, 3.63) is 11.6 Å². The van der Waals surface area contributed by atoms with E-state index in [0.29, 0.717) is 0 Å². The molecular formula is C13H20O3. The Bertz CT molecular complexity index is 300. The molecular weight excluding hydrogens is 204 g/mol. The number of carbonyl (C=O) groups excluding carboxylic acids is 2. The van der Waals surface area contributed by atoms with Crippen LogP contribution < -0.4 is 0 Å². The van der Waals surface area contributed by atoms with Gasteiger partial charge in [-0.15, -0.1) is 0 Å². The fourth-order valence-electron chi connectivity index (χ4n) is 2.36. The van der Waals surface area contributed by atoms with E-state index >= 15 is 0 Å². The molecule has 1 saturated carbocycles. The van der Waals surface area contributed by atoms with Crippen LogP contribution in [0.15, 0.2) is 11.6 Å². The summed E-state index contributed by atoms with van der Waals surface area (Å²) in [5, 5.41) is 0. The fraction of sp³-hybridized carbons (Fsp3) is 0.692. The van der Waals surface area contributed by atoms with Gasteiger partial charge >= 0.3 is 5.97 Å². The van der Waals surface area contributed by atoms with E-state index in [4.69, 9.17) is 0 Å². The van der Waals surface area contributed by atoms with Gasteiger partial charge in [-0.2, -0.15) is 0 Å².